The standard InChI is InChI=1S/C18H26O5/c1-2-16(10-17(3-1)19-4-5-20-17)13-6-12-7-14(9-13)18(15(16)8-12)21-11-22-23-18/h12-15H,1-11H2. The van der Waals surface area contributed by atoms with Crippen LogP contribution in [0.1, 0.15) is 51.4 Å². The molecule has 7 fully saturated rings. The Morgan fingerprint density at radius 3 is 2.52 bits per heavy atom. The van der Waals surface area contributed by atoms with Gasteiger partial charge in [-0.3, -0.25) is 0 Å². The van der Waals surface area contributed by atoms with Crippen molar-refractivity contribution in [3.63, 3.8) is 0 Å². The fourth-order valence-corrected chi connectivity index (χ4v) is 7.48. The zero-order valence-electron chi connectivity index (χ0n) is 13.6. The molecule has 7 rings (SSSR count). The minimum Gasteiger partial charge on any atom is -0.348 e. The Hall–Kier alpha value is -0.200. The summed E-state index contributed by atoms with van der Waals surface area (Å²) in [5.41, 5.74) is 0.254. The fourth-order valence-electron chi connectivity index (χ4n) is 7.48. The third-order valence-electron chi connectivity index (χ3n) is 8.07. The van der Waals surface area contributed by atoms with Crippen molar-refractivity contribution in [1.29, 1.82) is 0 Å². The van der Waals surface area contributed by atoms with Crippen LogP contribution < -0.4 is 0 Å². The van der Waals surface area contributed by atoms with Gasteiger partial charge >= 0.3 is 0 Å². The van der Waals surface area contributed by atoms with E-state index in [9.17, 15) is 0 Å². The van der Waals surface area contributed by atoms with Crippen LogP contribution in [-0.2, 0) is 24.0 Å². The zero-order chi connectivity index (χ0) is 15.1. The van der Waals surface area contributed by atoms with E-state index in [0.29, 0.717) is 11.8 Å². The summed E-state index contributed by atoms with van der Waals surface area (Å²) in [5, 5.41) is 0. The summed E-state index contributed by atoms with van der Waals surface area (Å²) in [7, 11) is 0. The smallest absolute Gasteiger partial charge is 0.210 e. The van der Waals surface area contributed by atoms with E-state index in [1.807, 2.05) is 0 Å². The Morgan fingerprint density at radius 2 is 1.70 bits per heavy atom. The molecular weight excluding hydrogens is 296 g/mol. The molecule has 5 saturated carbocycles. The van der Waals surface area contributed by atoms with Gasteiger partial charge in [-0.1, -0.05) is 0 Å². The van der Waals surface area contributed by atoms with Gasteiger partial charge in [-0.05, 0) is 55.8 Å². The Bertz CT molecular complexity index is 510. The van der Waals surface area contributed by atoms with Crippen molar-refractivity contribution in [2.45, 2.75) is 62.9 Å². The summed E-state index contributed by atoms with van der Waals surface area (Å²) >= 11 is 0. The van der Waals surface area contributed by atoms with Crippen molar-refractivity contribution >= 4 is 0 Å². The van der Waals surface area contributed by atoms with E-state index in [4.69, 9.17) is 24.0 Å². The first-order chi connectivity index (χ1) is 11.2. The molecule has 5 nitrogen and oxygen atoms in total. The van der Waals surface area contributed by atoms with Gasteiger partial charge in [0.2, 0.25) is 5.79 Å². The summed E-state index contributed by atoms with van der Waals surface area (Å²) < 4.78 is 18.4. The van der Waals surface area contributed by atoms with Gasteiger partial charge in [0, 0.05) is 24.7 Å². The summed E-state index contributed by atoms with van der Waals surface area (Å²) in [5.74, 6) is 1.79. The molecule has 3 spiro atoms. The topological polar surface area (TPSA) is 46.2 Å². The third kappa shape index (κ3) is 1.66. The van der Waals surface area contributed by atoms with Crippen molar-refractivity contribution in [2.75, 3.05) is 20.0 Å². The van der Waals surface area contributed by atoms with E-state index in [0.717, 1.165) is 37.9 Å². The molecule has 0 aromatic rings. The molecule has 0 aromatic heterocycles. The van der Waals surface area contributed by atoms with Crippen LogP contribution in [0.2, 0.25) is 0 Å². The molecule has 23 heavy (non-hydrogen) atoms. The lowest BCUT2D eigenvalue weighted by Crippen LogP contribution is -2.68. The lowest BCUT2D eigenvalue weighted by Gasteiger charge is -2.68. The zero-order valence-corrected chi connectivity index (χ0v) is 13.6. The van der Waals surface area contributed by atoms with Gasteiger partial charge in [0.25, 0.3) is 0 Å². The second kappa shape index (κ2) is 4.50. The van der Waals surface area contributed by atoms with Crippen molar-refractivity contribution < 1.29 is 24.0 Å². The molecule has 6 unspecified atom stereocenters. The molecular formula is C18H26O5. The molecule has 6 atom stereocenters. The summed E-state index contributed by atoms with van der Waals surface area (Å²) in [6, 6.07) is 0. The molecule has 128 valence electrons. The van der Waals surface area contributed by atoms with Crippen LogP contribution in [0, 0.1) is 29.1 Å². The maximum atomic E-state index is 6.17. The highest BCUT2D eigenvalue weighted by Crippen LogP contribution is 2.72. The first-order valence-corrected chi connectivity index (χ1v) is 9.47. The molecule has 5 heteroatoms. The lowest BCUT2D eigenvalue weighted by molar-refractivity contribution is -0.408. The largest absolute Gasteiger partial charge is 0.348 e. The second-order valence-electron chi connectivity index (χ2n) is 8.81. The van der Waals surface area contributed by atoms with E-state index in [1.165, 1.54) is 38.5 Å². The number of hydrogen-bond acceptors (Lipinski definition) is 5. The van der Waals surface area contributed by atoms with E-state index in [-0.39, 0.29) is 18.0 Å². The first kappa shape index (κ1) is 14.0. The highest BCUT2D eigenvalue weighted by atomic mass is 17.3. The van der Waals surface area contributed by atoms with E-state index >= 15 is 0 Å². The number of rotatable bonds is 0. The summed E-state index contributed by atoms with van der Waals surface area (Å²) in [6.45, 7) is 1.78. The summed E-state index contributed by atoms with van der Waals surface area (Å²) in [6.07, 6.45) is 9.64. The van der Waals surface area contributed by atoms with Gasteiger partial charge in [-0.25, -0.2) is 4.89 Å². The van der Waals surface area contributed by atoms with Gasteiger partial charge < -0.3 is 14.2 Å². The van der Waals surface area contributed by atoms with Crippen LogP contribution in [0.5, 0.6) is 0 Å². The predicted molar refractivity (Wildman–Crippen MR) is 78.8 cm³/mol. The minimum atomic E-state index is -0.482. The number of hydrogen-bond donors (Lipinski definition) is 0. The SMILES string of the molecule is C1CC2(CC3(C1)C1CC4CC(C1)C1(OCOO1)C3C4)OCCO2. The van der Waals surface area contributed by atoms with Crippen molar-refractivity contribution in [3.8, 4) is 0 Å². The maximum absolute atomic E-state index is 6.17. The highest BCUT2D eigenvalue weighted by molar-refractivity contribution is 5.15. The molecule has 4 bridgehead atoms. The Labute approximate surface area is 136 Å². The normalized spacial score (nSPS) is 56.3. The quantitative estimate of drug-likeness (QED) is 0.642. The van der Waals surface area contributed by atoms with E-state index in [2.05, 4.69) is 0 Å². The molecule has 2 aliphatic heterocycles. The van der Waals surface area contributed by atoms with Crippen LogP contribution in [0.15, 0.2) is 0 Å². The Morgan fingerprint density at radius 1 is 0.826 bits per heavy atom. The number of ether oxygens (including phenoxy) is 3. The van der Waals surface area contributed by atoms with Crippen LogP contribution in [0.25, 0.3) is 0 Å². The molecule has 0 aromatic carbocycles. The Kier molecular flexibility index (Phi) is 2.74. The fraction of sp³-hybridized carbons (Fsp3) is 1.00. The molecule has 2 saturated heterocycles. The molecule has 2 heterocycles. The van der Waals surface area contributed by atoms with Crippen molar-refractivity contribution in [3.05, 3.63) is 0 Å². The molecule has 0 N–H and O–H groups in total. The van der Waals surface area contributed by atoms with E-state index < -0.39 is 5.79 Å². The predicted octanol–water partition coefficient (Wildman–Crippen LogP) is 2.99. The average Bonchev–Trinajstić information content (AvgIpc) is 3.21. The second-order valence-corrected chi connectivity index (χ2v) is 8.81. The minimum absolute atomic E-state index is 0.254. The lowest BCUT2D eigenvalue weighted by atomic mass is 9.40. The molecule has 0 radical (unpaired) electrons. The van der Waals surface area contributed by atoms with Gasteiger partial charge in [-0.2, -0.15) is 4.89 Å². The maximum Gasteiger partial charge on any atom is 0.210 e. The van der Waals surface area contributed by atoms with Crippen LogP contribution in [0.4, 0.5) is 0 Å². The average molecular weight is 322 g/mol. The van der Waals surface area contributed by atoms with Gasteiger partial charge in [0.05, 0.1) is 13.2 Å². The van der Waals surface area contributed by atoms with Crippen molar-refractivity contribution in [1.82, 2.24) is 0 Å². The van der Waals surface area contributed by atoms with Crippen LogP contribution in [-0.4, -0.2) is 31.6 Å². The monoisotopic (exact) mass is 322 g/mol. The van der Waals surface area contributed by atoms with Crippen LogP contribution >= 0.6 is 0 Å². The van der Waals surface area contributed by atoms with E-state index in [1.54, 1.807) is 0 Å². The third-order valence-corrected chi connectivity index (χ3v) is 8.07. The summed E-state index contributed by atoms with van der Waals surface area (Å²) in [4.78, 5) is 11.2. The van der Waals surface area contributed by atoms with Gasteiger partial charge in [-0.15, -0.1) is 0 Å². The van der Waals surface area contributed by atoms with Crippen molar-refractivity contribution in [2.24, 2.45) is 29.1 Å². The highest BCUT2D eigenvalue weighted by Gasteiger charge is 2.72. The molecule has 0 amide bonds. The molecule has 7 aliphatic rings. The molecule has 5 aliphatic carbocycles. The van der Waals surface area contributed by atoms with Crippen LogP contribution in [0.3, 0.4) is 0 Å². The van der Waals surface area contributed by atoms with Gasteiger partial charge in [0.15, 0.2) is 12.6 Å². The van der Waals surface area contributed by atoms with Gasteiger partial charge in [0.1, 0.15) is 0 Å². The Balaban J connectivity index is 1.43. The first-order valence-electron chi connectivity index (χ1n) is 9.47.